The number of carboxylic acids is 2. The largest absolute Gasteiger partial charge is 2.00 e. The Morgan fingerprint density at radius 1 is 0.578 bits per heavy atom. The number of nitrogens with zero attached hydrogens (tertiary/aromatic N) is 4. The van der Waals surface area contributed by atoms with Gasteiger partial charge in [-0.3, -0.25) is 9.98 Å². The van der Waals surface area contributed by atoms with Crippen LogP contribution in [0.1, 0.15) is 23.9 Å². The molecule has 0 aliphatic rings. The molecule has 0 spiro atoms. The summed E-state index contributed by atoms with van der Waals surface area (Å²) in [6.45, 7) is 1.94. The fraction of sp³-hybridized carbons (Fsp3) is 0.0625. The van der Waals surface area contributed by atoms with E-state index in [-0.39, 0.29) is 19.5 Å². The molecule has 0 aliphatic carbocycles. The molecular formula is C32H24N4O4S4Zn-2. The van der Waals surface area contributed by atoms with Crippen molar-refractivity contribution in [2.45, 2.75) is 13.8 Å². The normalized spacial score (nSPS) is 10.6. The summed E-state index contributed by atoms with van der Waals surface area (Å²) in [5.74, 6) is -2.17. The zero-order valence-electron chi connectivity index (χ0n) is 24.2. The molecule has 0 bridgehead atoms. The summed E-state index contributed by atoms with van der Waals surface area (Å²) >= 11 is 13.8. The van der Waals surface area contributed by atoms with Crippen LogP contribution in [0.3, 0.4) is 0 Å². The number of carbonyl (C=O) groups excluding carboxylic acids is 2. The van der Waals surface area contributed by atoms with Gasteiger partial charge in [-0.15, -0.1) is 22.7 Å². The van der Waals surface area contributed by atoms with Crippen LogP contribution in [0.4, 0.5) is 11.4 Å². The maximum Gasteiger partial charge on any atom is 2.00 e. The first kappa shape index (κ1) is 37.2. The van der Waals surface area contributed by atoms with E-state index in [1.807, 2.05) is 109 Å². The number of aliphatic imine (C=N–C) groups is 2. The molecule has 0 aliphatic heterocycles. The second kappa shape index (κ2) is 19.4. The maximum atomic E-state index is 8.89. The molecule has 0 saturated carbocycles. The van der Waals surface area contributed by atoms with Gasteiger partial charge in [0.2, 0.25) is 0 Å². The third kappa shape index (κ3) is 13.3. The van der Waals surface area contributed by atoms with Crippen LogP contribution in [0.5, 0.6) is 0 Å². The first-order valence-corrected chi connectivity index (χ1v) is 15.3. The van der Waals surface area contributed by atoms with Gasteiger partial charge in [0.25, 0.3) is 0 Å². The standard InChI is InChI=1S/2C14H10N2S2.2C2H4O2.Zn/c2*17-13(15-10-6-2-1-3-7-10)14-16-11-8-4-5-9-12(11)18-14;2*1-2(3)4;/h2*1-9H,(H,15,17);2*1H3,(H,3,4);/q;;;;+2/p-4. The van der Waals surface area contributed by atoms with Crippen molar-refractivity contribution in [3.8, 4) is 0 Å². The minimum Gasteiger partial charge on any atom is -0.757 e. The fourth-order valence-electron chi connectivity index (χ4n) is 3.26. The van der Waals surface area contributed by atoms with Crippen LogP contribution >= 0.6 is 22.7 Å². The molecule has 13 heteroatoms. The second-order valence-electron chi connectivity index (χ2n) is 8.46. The zero-order chi connectivity index (χ0) is 31.9. The van der Waals surface area contributed by atoms with Crippen LogP contribution in [0.15, 0.2) is 119 Å². The Morgan fingerprint density at radius 2 is 0.867 bits per heavy atom. The van der Waals surface area contributed by atoms with Crippen LogP contribution < -0.4 is 10.2 Å². The molecule has 0 unspecified atom stereocenters. The summed E-state index contributed by atoms with van der Waals surface area (Å²) in [6.07, 6.45) is 0. The minimum absolute atomic E-state index is 0. The van der Waals surface area contributed by atoms with Gasteiger partial charge in [0.05, 0.1) is 31.8 Å². The van der Waals surface area contributed by atoms with Gasteiger partial charge >= 0.3 is 19.5 Å². The smallest absolute Gasteiger partial charge is 0.757 e. The predicted molar refractivity (Wildman–Crippen MR) is 181 cm³/mol. The van der Waals surface area contributed by atoms with Gasteiger partial charge < -0.3 is 45.1 Å². The van der Waals surface area contributed by atoms with Gasteiger partial charge in [0.1, 0.15) is 10.0 Å². The Balaban J connectivity index is 0.000000250. The second-order valence-corrected chi connectivity index (χ2v) is 11.3. The summed E-state index contributed by atoms with van der Waals surface area (Å²) in [6, 6.07) is 35.4. The van der Waals surface area contributed by atoms with Crippen molar-refractivity contribution in [1.82, 2.24) is 9.97 Å². The van der Waals surface area contributed by atoms with Crippen LogP contribution in [-0.2, 0) is 54.3 Å². The fourth-order valence-corrected chi connectivity index (χ4v) is 5.51. The van der Waals surface area contributed by atoms with Crippen molar-refractivity contribution in [2.24, 2.45) is 9.98 Å². The van der Waals surface area contributed by atoms with Crippen molar-refractivity contribution < 1.29 is 39.3 Å². The predicted octanol–water partition coefficient (Wildman–Crippen LogP) is 5.35. The molecule has 0 amide bonds. The first-order valence-electron chi connectivity index (χ1n) is 12.8. The van der Waals surface area contributed by atoms with Crippen molar-refractivity contribution in [2.75, 3.05) is 0 Å². The molecule has 224 valence electrons. The molecule has 8 nitrogen and oxygen atoms in total. The zero-order valence-corrected chi connectivity index (χ0v) is 30.4. The summed E-state index contributed by atoms with van der Waals surface area (Å²) in [7, 11) is 0. The van der Waals surface area contributed by atoms with Gasteiger partial charge in [-0.05, 0) is 72.5 Å². The molecule has 2 aromatic heterocycles. The molecule has 6 rings (SSSR count). The number of thiazole rings is 2. The molecule has 0 radical (unpaired) electrons. The number of rotatable bonds is 4. The topological polar surface area (TPSA) is 131 Å². The third-order valence-corrected chi connectivity index (χ3v) is 7.84. The van der Waals surface area contributed by atoms with E-state index < -0.39 is 11.9 Å². The summed E-state index contributed by atoms with van der Waals surface area (Å²) in [5, 5.41) is 20.5. The Morgan fingerprint density at radius 3 is 1.18 bits per heavy atom. The number of hydrogen-bond acceptors (Lipinski definition) is 12. The number of aliphatic carboxylic acids is 2. The molecule has 0 fully saturated rings. The number of hydrogen-bond donors (Lipinski definition) is 0. The van der Waals surface area contributed by atoms with Crippen molar-refractivity contribution in [1.29, 1.82) is 0 Å². The molecule has 2 heterocycles. The van der Waals surface area contributed by atoms with E-state index in [1.165, 1.54) is 0 Å². The van der Waals surface area contributed by atoms with E-state index in [4.69, 9.17) is 45.1 Å². The number of carboxylic acid groups (broad SMARTS) is 2. The Labute approximate surface area is 292 Å². The van der Waals surface area contributed by atoms with E-state index in [1.54, 1.807) is 22.7 Å². The number of aromatic nitrogens is 2. The summed E-state index contributed by atoms with van der Waals surface area (Å²) in [5.41, 5.74) is 3.68. The van der Waals surface area contributed by atoms with Crippen molar-refractivity contribution in [3.63, 3.8) is 0 Å². The monoisotopic (exact) mass is 720 g/mol. The summed E-state index contributed by atoms with van der Waals surface area (Å²) in [4.78, 5) is 35.6. The van der Waals surface area contributed by atoms with Crippen LogP contribution in [0, 0.1) is 0 Å². The Hall–Kier alpha value is -4.00. The van der Waals surface area contributed by atoms with E-state index in [9.17, 15) is 0 Å². The minimum atomic E-state index is -1.08. The number of para-hydroxylation sites is 4. The SMILES string of the molecule is CC(=O)[O-].CC(=O)[O-].[S-]C(=Nc1ccccc1)c1nc2ccccc2s1.[S-]C(=Nc1ccccc1)c1nc2ccccc2s1.[Zn+2]. The first-order chi connectivity index (χ1) is 21.1. The molecule has 45 heavy (non-hydrogen) atoms. The molecule has 0 atom stereocenters. The van der Waals surface area contributed by atoms with Crippen molar-refractivity contribution >= 4 is 102 Å². The van der Waals surface area contributed by atoms with Crippen LogP contribution in [0.2, 0.25) is 0 Å². The Bertz CT molecular complexity index is 1670. The third-order valence-electron chi connectivity index (χ3n) is 4.93. The van der Waals surface area contributed by atoms with E-state index in [2.05, 4.69) is 20.0 Å². The molecule has 4 aromatic carbocycles. The van der Waals surface area contributed by atoms with E-state index in [0.29, 0.717) is 10.1 Å². The molecule has 0 N–H and O–H groups in total. The average molecular weight is 722 g/mol. The Kier molecular flexibility index (Phi) is 16.0. The van der Waals surface area contributed by atoms with Gasteiger partial charge in [0.15, 0.2) is 0 Å². The average Bonchev–Trinajstić information content (AvgIpc) is 3.63. The molecule has 0 saturated heterocycles. The van der Waals surface area contributed by atoms with Gasteiger partial charge in [-0.1, -0.05) is 60.7 Å². The number of carbonyl (C=O) groups is 2. The molecule has 6 aromatic rings. The van der Waals surface area contributed by atoms with Gasteiger partial charge in [-0.25, -0.2) is 9.97 Å². The summed E-state index contributed by atoms with van der Waals surface area (Å²) < 4.78 is 2.27. The van der Waals surface area contributed by atoms with Crippen molar-refractivity contribution in [3.05, 3.63) is 119 Å². The van der Waals surface area contributed by atoms with E-state index in [0.717, 1.165) is 55.7 Å². The van der Waals surface area contributed by atoms with Crippen LogP contribution in [-0.4, -0.2) is 32.0 Å². The van der Waals surface area contributed by atoms with E-state index >= 15 is 0 Å². The molecular weight excluding hydrogens is 698 g/mol. The van der Waals surface area contributed by atoms with Gasteiger partial charge in [0, 0.05) is 11.9 Å². The van der Waals surface area contributed by atoms with Gasteiger partial charge in [-0.2, -0.15) is 0 Å². The number of benzene rings is 4. The number of fused-ring (bicyclic) bond motifs is 2. The quantitative estimate of drug-likeness (QED) is 0.103. The maximum absolute atomic E-state index is 8.89. The van der Waals surface area contributed by atoms with Crippen LogP contribution in [0.25, 0.3) is 20.4 Å².